The lowest BCUT2D eigenvalue weighted by molar-refractivity contribution is 0.637. The van der Waals surface area contributed by atoms with Gasteiger partial charge in [-0.1, -0.05) is 38.7 Å². The van der Waals surface area contributed by atoms with Gasteiger partial charge in [0, 0.05) is 7.05 Å². The predicted octanol–water partition coefficient (Wildman–Crippen LogP) is 3.08. The molecule has 11 heavy (non-hydrogen) atoms. The van der Waals surface area contributed by atoms with Gasteiger partial charge in [-0.25, -0.2) is 0 Å². The van der Waals surface area contributed by atoms with Gasteiger partial charge in [0.15, 0.2) is 0 Å². The highest BCUT2D eigenvalue weighted by Gasteiger charge is 1.85. The molecule has 0 aliphatic rings. The van der Waals surface area contributed by atoms with Crippen molar-refractivity contribution in [2.45, 2.75) is 45.4 Å². The van der Waals surface area contributed by atoms with Crippen molar-refractivity contribution < 1.29 is 0 Å². The molecule has 0 spiro atoms. The zero-order valence-corrected chi connectivity index (χ0v) is 7.90. The lowest BCUT2D eigenvalue weighted by Gasteiger charge is -1.95. The van der Waals surface area contributed by atoms with Gasteiger partial charge in [0.25, 0.3) is 0 Å². The highest BCUT2D eigenvalue weighted by molar-refractivity contribution is 4.77. The average molecular weight is 155 g/mol. The Balaban J connectivity index is 2.85. The molecule has 0 atom stereocenters. The van der Waals surface area contributed by atoms with Crippen molar-refractivity contribution in [2.24, 2.45) is 0 Å². The minimum Gasteiger partial charge on any atom is -0.394 e. The van der Waals surface area contributed by atoms with Crippen LogP contribution in [0.2, 0.25) is 0 Å². The number of nitrogens with one attached hydrogen (secondary N) is 1. The number of allylic oxidation sites excluding steroid dienone is 1. The van der Waals surface area contributed by atoms with E-state index in [2.05, 4.69) is 18.3 Å². The summed E-state index contributed by atoms with van der Waals surface area (Å²) in [6, 6.07) is 0. The van der Waals surface area contributed by atoms with E-state index in [4.69, 9.17) is 0 Å². The third-order valence-corrected chi connectivity index (χ3v) is 1.76. The van der Waals surface area contributed by atoms with Gasteiger partial charge in [-0.3, -0.25) is 0 Å². The van der Waals surface area contributed by atoms with Gasteiger partial charge in [-0.05, 0) is 19.0 Å². The fourth-order valence-electron chi connectivity index (χ4n) is 1.07. The van der Waals surface area contributed by atoms with Crippen LogP contribution in [0.3, 0.4) is 0 Å². The molecule has 0 heterocycles. The van der Waals surface area contributed by atoms with Gasteiger partial charge in [0.2, 0.25) is 0 Å². The van der Waals surface area contributed by atoms with E-state index < -0.39 is 0 Å². The number of hydrogen-bond donors (Lipinski definition) is 1. The van der Waals surface area contributed by atoms with Crippen molar-refractivity contribution in [3.05, 3.63) is 12.3 Å². The SMILES string of the molecule is CCCCCCC/C=C\NC. The molecular formula is C10H21N. The summed E-state index contributed by atoms with van der Waals surface area (Å²) in [6.45, 7) is 2.25. The van der Waals surface area contributed by atoms with Crippen LogP contribution < -0.4 is 5.32 Å². The highest BCUT2D eigenvalue weighted by Crippen LogP contribution is 2.04. The maximum atomic E-state index is 2.99. The van der Waals surface area contributed by atoms with Gasteiger partial charge < -0.3 is 5.32 Å². The topological polar surface area (TPSA) is 12.0 Å². The maximum Gasteiger partial charge on any atom is 0.00276 e. The van der Waals surface area contributed by atoms with Gasteiger partial charge >= 0.3 is 0 Å². The van der Waals surface area contributed by atoms with E-state index in [1.54, 1.807) is 0 Å². The first-order valence-electron chi connectivity index (χ1n) is 4.74. The van der Waals surface area contributed by atoms with E-state index in [-0.39, 0.29) is 0 Å². The first-order valence-corrected chi connectivity index (χ1v) is 4.74. The predicted molar refractivity (Wildman–Crippen MR) is 51.6 cm³/mol. The van der Waals surface area contributed by atoms with Gasteiger partial charge in [0.1, 0.15) is 0 Å². The monoisotopic (exact) mass is 155 g/mol. The summed E-state index contributed by atoms with van der Waals surface area (Å²) in [4.78, 5) is 0. The Morgan fingerprint density at radius 2 is 1.82 bits per heavy atom. The molecule has 0 aliphatic carbocycles. The van der Waals surface area contributed by atoms with E-state index >= 15 is 0 Å². The molecule has 1 N–H and O–H groups in total. The molecule has 0 bridgehead atoms. The molecule has 0 aliphatic heterocycles. The first-order chi connectivity index (χ1) is 5.41. The second-order valence-electron chi connectivity index (χ2n) is 2.89. The lowest BCUT2D eigenvalue weighted by Crippen LogP contribution is -1.90. The van der Waals surface area contributed by atoms with Crippen LogP contribution in [-0.2, 0) is 0 Å². The van der Waals surface area contributed by atoms with Crippen LogP contribution in [0.4, 0.5) is 0 Å². The average Bonchev–Trinajstić information content (AvgIpc) is 2.03. The Kier molecular flexibility index (Phi) is 9.14. The molecule has 0 aromatic rings. The maximum absolute atomic E-state index is 2.99. The minimum absolute atomic E-state index is 1.23. The molecule has 66 valence electrons. The van der Waals surface area contributed by atoms with Crippen molar-refractivity contribution >= 4 is 0 Å². The number of rotatable bonds is 7. The lowest BCUT2D eigenvalue weighted by atomic mass is 10.1. The van der Waals surface area contributed by atoms with Crippen LogP contribution in [0, 0.1) is 0 Å². The molecule has 0 saturated carbocycles. The Hall–Kier alpha value is -0.460. The second-order valence-corrected chi connectivity index (χ2v) is 2.89. The summed E-state index contributed by atoms with van der Waals surface area (Å²) in [7, 11) is 1.94. The van der Waals surface area contributed by atoms with Gasteiger partial charge in [0.05, 0.1) is 0 Å². The molecule has 0 unspecified atom stereocenters. The van der Waals surface area contributed by atoms with Crippen molar-refractivity contribution in [1.29, 1.82) is 0 Å². The molecule has 0 amide bonds. The Bertz CT molecular complexity index is 86.9. The van der Waals surface area contributed by atoms with Crippen molar-refractivity contribution in [1.82, 2.24) is 5.32 Å². The third-order valence-electron chi connectivity index (χ3n) is 1.76. The van der Waals surface area contributed by atoms with E-state index in [1.807, 2.05) is 13.2 Å². The van der Waals surface area contributed by atoms with Crippen LogP contribution in [0.15, 0.2) is 12.3 Å². The van der Waals surface area contributed by atoms with Crippen LogP contribution >= 0.6 is 0 Å². The van der Waals surface area contributed by atoms with E-state index in [1.165, 1.54) is 38.5 Å². The molecule has 1 heteroatoms. The molecule has 0 saturated heterocycles. The molecule has 0 fully saturated rings. The van der Waals surface area contributed by atoms with E-state index in [0.717, 1.165) is 0 Å². The van der Waals surface area contributed by atoms with Gasteiger partial charge in [-0.2, -0.15) is 0 Å². The first kappa shape index (κ1) is 10.5. The van der Waals surface area contributed by atoms with Crippen LogP contribution in [0.1, 0.15) is 45.4 Å². The fraction of sp³-hybridized carbons (Fsp3) is 0.800. The fourth-order valence-corrected chi connectivity index (χ4v) is 1.07. The van der Waals surface area contributed by atoms with Crippen molar-refractivity contribution in [2.75, 3.05) is 7.05 Å². The normalized spacial score (nSPS) is 10.7. The van der Waals surface area contributed by atoms with Crippen LogP contribution in [0.5, 0.6) is 0 Å². The smallest absolute Gasteiger partial charge is 0.00276 e. The number of unbranched alkanes of at least 4 members (excludes halogenated alkanes) is 5. The number of hydrogen-bond acceptors (Lipinski definition) is 1. The Morgan fingerprint density at radius 3 is 2.45 bits per heavy atom. The standard InChI is InChI=1S/C10H21N/c1-3-4-5-6-7-8-9-10-11-2/h9-11H,3-8H2,1-2H3/b10-9-. The van der Waals surface area contributed by atoms with Crippen molar-refractivity contribution in [3.8, 4) is 0 Å². The minimum atomic E-state index is 1.23. The summed E-state index contributed by atoms with van der Waals surface area (Å²) >= 11 is 0. The third kappa shape index (κ3) is 9.54. The summed E-state index contributed by atoms with van der Waals surface area (Å²) < 4.78 is 0. The zero-order valence-electron chi connectivity index (χ0n) is 7.90. The van der Waals surface area contributed by atoms with Gasteiger partial charge in [-0.15, -0.1) is 0 Å². The highest BCUT2D eigenvalue weighted by atomic mass is 14.8. The Morgan fingerprint density at radius 1 is 1.09 bits per heavy atom. The quantitative estimate of drug-likeness (QED) is 0.557. The Labute approximate surface area is 70.9 Å². The van der Waals surface area contributed by atoms with E-state index in [9.17, 15) is 0 Å². The summed E-state index contributed by atoms with van der Waals surface area (Å²) in [5.41, 5.74) is 0. The van der Waals surface area contributed by atoms with E-state index in [0.29, 0.717) is 0 Å². The summed E-state index contributed by atoms with van der Waals surface area (Å²) in [6.07, 6.45) is 12.3. The molecule has 0 radical (unpaired) electrons. The second kappa shape index (κ2) is 9.54. The molecule has 0 rings (SSSR count). The summed E-state index contributed by atoms with van der Waals surface area (Å²) in [5, 5.41) is 2.99. The molecular weight excluding hydrogens is 134 g/mol. The molecule has 1 nitrogen and oxygen atoms in total. The van der Waals surface area contributed by atoms with Crippen LogP contribution in [0.25, 0.3) is 0 Å². The summed E-state index contributed by atoms with van der Waals surface area (Å²) in [5.74, 6) is 0. The van der Waals surface area contributed by atoms with Crippen LogP contribution in [-0.4, -0.2) is 7.05 Å². The largest absolute Gasteiger partial charge is 0.394 e. The molecule has 0 aromatic carbocycles. The zero-order chi connectivity index (χ0) is 8.36. The van der Waals surface area contributed by atoms with Crippen molar-refractivity contribution in [3.63, 3.8) is 0 Å². The molecule has 0 aromatic heterocycles.